The number of carbonyl (C=O) groups excluding carboxylic acids is 1. The molecule has 1 fully saturated rings. The van der Waals surface area contributed by atoms with Crippen LogP contribution in [0.5, 0.6) is 5.75 Å². The van der Waals surface area contributed by atoms with Crippen molar-refractivity contribution in [3.63, 3.8) is 0 Å². The van der Waals surface area contributed by atoms with Crippen LogP contribution in [0.3, 0.4) is 0 Å². The monoisotopic (exact) mass is 392 g/mol. The summed E-state index contributed by atoms with van der Waals surface area (Å²) in [6.07, 6.45) is 4.61. The Kier molecular flexibility index (Phi) is 7.48. The molecule has 1 atom stereocenters. The molecule has 0 unspecified atom stereocenters. The number of hydrogen-bond donors (Lipinski definition) is 0. The van der Waals surface area contributed by atoms with E-state index in [1.54, 1.807) is 0 Å². The summed E-state index contributed by atoms with van der Waals surface area (Å²) >= 11 is 0. The van der Waals surface area contributed by atoms with E-state index in [4.69, 9.17) is 4.74 Å². The van der Waals surface area contributed by atoms with Gasteiger partial charge in [-0.3, -0.25) is 9.69 Å². The van der Waals surface area contributed by atoms with E-state index in [1.165, 1.54) is 5.56 Å². The Balaban J connectivity index is 1.50. The third-order valence-corrected chi connectivity index (χ3v) is 5.42. The van der Waals surface area contributed by atoms with Crippen LogP contribution in [0, 0.1) is 13.8 Å². The lowest BCUT2D eigenvalue weighted by molar-refractivity contribution is -0.140. The molecule has 0 N–H and O–H groups in total. The molecule has 29 heavy (non-hydrogen) atoms. The summed E-state index contributed by atoms with van der Waals surface area (Å²) in [6, 6.07) is 16.5. The minimum atomic E-state index is -0.417. The van der Waals surface area contributed by atoms with Crippen LogP contribution in [0.1, 0.15) is 30.0 Å². The van der Waals surface area contributed by atoms with Crippen LogP contribution in [0.4, 0.5) is 0 Å². The molecule has 0 spiro atoms. The summed E-state index contributed by atoms with van der Waals surface area (Å²) < 4.78 is 6.12. The van der Waals surface area contributed by atoms with Crippen molar-refractivity contribution in [3.05, 3.63) is 71.3 Å². The van der Waals surface area contributed by atoms with E-state index < -0.39 is 6.10 Å². The molecule has 0 bridgehead atoms. The lowest BCUT2D eigenvalue weighted by atomic mass is 10.1. The molecule has 4 nitrogen and oxygen atoms in total. The highest BCUT2D eigenvalue weighted by Crippen LogP contribution is 2.22. The SMILES string of the molecule is CC[C@H](Oc1cc(C)ccc1C)C(=O)N1CCN(C/C=C/c2ccccc2)CC1. The van der Waals surface area contributed by atoms with E-state index in [1.807, 2.05) is 43.9 Å². The van der Waals surface area contributed by atoms with Crippen LogP contribution in [-0.2, 0) is 4.79 Å². The van der Waals surface area contributed by atoms with Crippen LogP contribution < -0.4 is 4.74 Å². The topological polar surface area (TPSA) is 32.8 Å². The van der Waals surface area contributed by atoms with E-state index in [9.17, 15) is 4.79 Å². The minimum Gasteiger partial charge on any atom is -0.480 e. The third-order valence-electron chi connectivity index (χ3n) is 5.42. The molecule has 4 heteroatoms. The first-order valence-electron chi connectivity index (χ1n) is 10.5. The van der Waals surface area contributed by atoms with Crippen molar-refractivity contribution >= 4 is 12.0 Å². The molecule has 0 radical (unpaired) electrons. The van der Waals surface area contributed by atoms with Crippen molar-refractivity contribution in [2.45, 2.75) is 33.3 Å². The zero-order valence-electron chi connectivity index (χ0n) is 17.8. The van der Waals surface area contributed by atoms with Crippen LogP contribution in [-0.4, -0.2) is 54.5 Å². The van der Waals surface area contributed by atoms with Crippen molar-refractivity contribution < 1.29 is 9.53 Å². The van der Waals surface area contributed by atoms with E-state index in [-0.39, 0.29) is 5.91 Å². The maximum Gasteiger partial charge on any atom is 0.263 e. The van der Waals surface area contributed by atoms with Gasteiger partial charge in [-0.2, -0.15) is 0 Å². The number of benzene rings is 2. The molecule has 1 saturated heterocycles. The molecule has 0 saturated carbocycles. The number of nitrogens with zero attached hydrogens (tertiary/aromatic N) is 2. The van der Waals surface area contributed by atoms with Crippen LogP contribution >= 0.6 is 0 Å². The van der Waals surface area contributed by atoms with Crippen molar-refractivity contribution in [2.75, 3.05) is 32.7 Å². The quantitative estimate of drug-likeness (QED) is 0.704. The van der Waals surface area contributed by atoms with Crippen molar-refractivity contribution in [3.8, 4) is 5.75 Å². The number of piperazine rings is 1. The second kappa shape index (κ2) is 10.3. The molecule has 3 rings (SSSR count). The predicted molar refractivity (Wildman–Crippen MR) is 119 cm³/mol. The van der Waals surface area contributed by atoms with Gasteiger partial charge < -0.3 is 9.64 Å². The van der Waals surface area contributed by atoms with E-state index >= 15 is 0 Å². The molecular weight excluding hydrogens is 360 g/mol. The summed E-state index contributed by atoms with van der Waals surface area (Å²) in [5.74, 6) is 0.919. The van der Waals surface area contributed by atoms with E-state index in [0.717, 1.165) is 49.6 Å². The Morgan fingerprint density at radius 3 is 2.48 bits per heavy atom. The Bertz CT molecular complexity index is 824. The van der Waals surface area contributed by atoms with Gasteiger partial charge in [0.2, 0.25) is 0 Å². The molecule has 0 aliphatic carbocycles. The summed E-state index contributed by atoms with van der Waals surface area (Å²) in [7, 11) is 0. The maximum absolute atomic E-state index is 13.0. The lowest BCUT2D eigenvalue weighted by Crippen LogP contribution is -2.52. The summed E-state index contributed by atoms with van der Waals surface area (Å²) in [5, 5.41) is 0. The molecule has 1 aliphatic heterocycles. The molecule has 1 aliphatic rings. The first-order valence-corrected chi connectivity index (χ1v) is 10.5. The normalized spacial score (nSPS) is 16.2. The first kappa shape index (κ1) is 21.1. The Hall–Kier alpha value is -2.59. The van der Waals surface area contributed by atoms with Gasteiger partial charge in [-0.15, -0.1) is 0 Å². The van der Waals surface area contributed by atoms with Gasteiger partial charge in [0.05, 0.1) is 0 Å². The number of carbonyl (C=O) groups is 1. The molecule has 1 heterocycles. The number of aryl methyl sites for hydroxylation is 2. The van der Waals surface area contributed by atoms with Gasteiger partial charge in [-0.25, -0.2) is 0 Å². The fraction of sp³-hybridized carbons (Fsp3) is 0.400. The van der Waals surface area contributed by atoms with Crippen LogP contribution in [0.25, 0.3) is 6.08 Å². The van der Waals surface area contributed by atoms with Gasteiger partial charge in [0.1, 0.15) is 5.75 Å². The maximum atomic E-state index is 13.0. The average molecular weight is 393 g/mol. The van der Waals surface area contributed by atoms with Gasteiger partial charge in [-0.05, 0) is 43.0 Å². The van der Waals surface area contributed by atoms with E-state index in [0.29, 0.717) is 6.42 Å². The first-order chi connectivity index (χ1) is 14.1. The molecule has 2 aromatic carbocycles. The van der Waals surface area contributed by atoms with Crippen LogP contribution in [0.2, 0.25) is 0 Å². The minimum absolute atomic E-state index is 0.105. The molecule has 1 amide bonds. The van der Waals surface area contributed by atoms with Crippen molar-refractivity contribution in [1.29, 1.82) is 0 Å². The number of hydrogen-bond acceptors (Lipinski definition) is 3. The Morgan fingerprint density at radius 1 is 1.07 bits per heavy atom. The standard InChI is InChI=1S/C25H32N2O2/c1-4-23(29-24-19-20(2)12-13-21(24)3)25(28)27-17-15-26(16-18-27)14-8-11-22-9-6-5-7-10-22/h5-13,19,23H,4,14-18H2,1-3H3/b11-8+/t23-/m0/s1. The van der Waals surface area contributed by atoms with Gasteiger partial charge in [-0.1, -0.05) is 61.5 Å². The largest absolute Gasteiger partial charge is 0.480 e. The Labute approximate surface area is 174 Å². The summed E-state index contributed by atoms with van der Waals surface area (Å²) in [4.78, 5) is 17.3. The highest BCUT2D eigenvalue weighted by Gasteiger charge is 2.27. The number of rotatable bonds is 7. The molecule has 2 aromatic rings. The van der Waals surface area contributed by atoms with Crippen LogP contribution in [0.15, 0.2) is 54.6 Å². The third kappa shape index (κ3) is 5.94. The number of ether oxygens (including phenoxy) is 1. The zero-order valence-corrected chi connectivity index (χ0v) is 17.8. The average Bonchev–Trinajstić information content (AvgIpc) is 2.75. The van der Waals surface area contributed by atoms with Gasteiger partial charge >= 0.3 is 0 Å². The second-order valence-corrected chi connectivity index (χ2v) is 7.72. The van der Waals surface area contributed by atoms with Gasteiger partial charge in [0.15, 0.2) is 6.10 Å². The van der Waals surface area contributed by atoms with Crippen molar-refractivity contribution in [1.82, 2.24) is 9.80 Å². The number of amides is 1. The fourth-order valence-electron chi connectivity index (χ4n) is 3.55. The highest BCUT2D eigenvalue weighted by atomic mass is 16.5. The fourth-order valence-corrected chi connectivity index (χ4v) is 3.55. The Morgan fingerprint density at radius 2 is 1.79 bits per heavy atom. The molecular formula is C25H32N2O2. The lowest BCUT2D eigenvalue weighted by Gasteiger charge is -2.36. The molecule has 154 valence electrons. The molecule has 0 aromatic heterocycles. The zero-order chi connectivity index (χ0) is 20.6. The van der Waals surface area contributed by atoms with Gasteiger partial charge in [0, 0.05) is 32.7 Å². The van der Waals surface area contributed by atoms with Crippen molar-refractivity contribution in [2.24, 2.45) is 0 Å². The van der Waals surface area contributed by atoms with Gasteiger partial charge in [0.25, 0.3) is 5.91 Å². The second-order valence-electron chi connectivity index (χ2n) is 7.72. The predicted octanol–water partition coefficient (Wildman–Crippen LogP) is 4.32. The highest BCUT2D eigenvalue weighted by molar-refractivity contribution is 5.81. The summed E-state index contributed by atoms with van der Waals surface area (Å²) in [5.41, 5.74) is 3.43. The summed E-state index contributed by atoms with van der Waals surface area (Å²) in [6.45, 7) is 10.3. The smallest absolute Gasteiger partial charge is 0.263 e. The van der Waals surface area contributed by atoms with E-state index in [2.05, 4.69) is 47.4 Å².